The van der Waals surface area contributed by atoms with Crippen molar-refractivity contribution in [2.75, 3.05) is 26.2 Å². The topological polar surface area (TPSA) is 78.9 Å². The highest BCUT2D eigenvalue weighted by molar-refractivity contribution is 5.75. The second-order valence-corrected chi connectivity index (χ2v) is 6.42. The van der Waals surface area contributed by atoms with Crippen LogP contribution in [0.2, 0.25) is 0 Å². The third kappa shape index (κ3) is 6.64. The number of carbonyl (C=O) groups is 2. The molecule has 1 saturated heterocycles. The Balaban J connectivity index is 1.66. The van der Waals surface area contributed by atoms with Crippen LogP contribution < -0.4 is 10.1 Å². The number of piperidine rings is 1. The van der Waals surface area contributed by atoms with Crippen LogP contribution in [0.15, 0.2) is 24.3 Å². The van der Waals surface area contributed by atoms with E-state index in [1.807, 2.05) is 19.1 Å². The Morgan fingerprint density at radius 1 is 1.24 bits per heavy atom. The van der Waals surface area contributed by atoms with Gasteiger partial charge in [0.15, 0.2) is 0 Å². The number of hydrogen-bond acceptors (Lipinski definition) is 3. The molecule has 1 heterocycles. The number of benzene rings is 1. The molecule has 1 aromatic rings. The summed E-state index contributed by atoms with van der Waals surface area (Å²) in [4.78, 5) is 24.2. The molecule has 0 aliphatic carbocycles. The fraction of sp³-hybridized carbons (Fsp3) is 0.579. The Kier molecular flexibility index (Phi) is 7.57. The highest BCUT2D eigenvalue weighted by Crippen LogP contribution is 2.23. The van der Waals surface area contributed by atoms with Crippen molar-refractivity contribution in [2.24, 2.45) is 5.92 Å². The van der Waals surface area contributed by atoms with Crippen molar-refractivity contribution in [3.8, 4) is 5.75 Å². The normalized spacial score (nSPS) is 15.0. The summed E-state index contributed by atoms with van der Waals surface area (Å²) < 4.78 is 5.45. The molecule has 138 valence electrons. The molecule has 6 nitrogen and oxygen atoms in total. The number of carbonyl (C=O) groups excluding carboxylic acids is 1. The van der Waals surface area contributed by atoms with Gasteiger partial charge in [-0.15, -0.1) is 0 Å². The number of hydrogen-bond donors (Lipinski definition) is 2. The van der Waals surface area contributed by atoms with Gasteiger partial charge in [-0.05, 0) is 56.2 Å². The molecule has 2 amide bonds. The van der Waals surface area contributed by atoms with Gasteiger partial charge < -0.3 is 20.1 Å². The number of aliphatic carboxylic acids is 1. The SMILES string of the molecule is CCOc1ccc(CCC2CCN(C(=O)NCCC(=O)O)CC2)cc1. The summed E-state index contributed by atoms with van der Waals surface area (Å²) in [6.07, 6.45) is 4.14. The summed E-state index contributed by atoms with van der Waals surface area (Å²) in [5.74, 6) is 0.649. The first-order valence-electron chi connectivity index (χ1n) is 9.04. The van der Waals surface area contributed by atoms with Gasteiger partial charge in [0, 0.05) is 19.6 Å². The van der Waals surface area contributed by atoms with Crippen molar-refractivity contribution in [3.05, 3.63) is 29.8 Å². The minimum absolute atomic E-state index is 0.0374. The summed E-state index contributed by atoms with van der Waals surface area (Å²) in [6, 6.07) is 8.13. The molecular formula is C19H28N2O4. The maximum absolute atomic E-state index is 12.0. The Hall–Kier alpha value is -2.24. The third-order valence-corrected chi connectivity index (χ3v) is 4.59. The molecule has 1 aromatic carbocycles. The number of nitrogens with one attached hydrogen (secondary N) is 1. The standard InChI is InChI=1S/C19H28N2O4/c1-2-25-17-7-5-15(6-8-17)3-4-16-10-13-21(14-11-16)19(24)20-12-9-18(22)23/h5-8,16H,2-4,9-14H2,1H3,(H,20,24)(H,22,23). The minimum Gasteiger partial charge on any atom is -0.494 e. The van der Waals surface area contributed by atoms with Crippen LogP contribution in [0, 0.1) is 5.92 Å². The second-order valence-electron chi connectivity index (χ2n) is 6.42. The Morgan fingerprint density at radius 2 is 1.92 bits per heavy atom. The summed E-state index contributed by atoms with van der Waals surface area (Å²) in [6.45, 7) is 4.33. The molecule has 0 saturated carbocycles. The van der Waals surface area contributed by atoms with Crippen molar-refractivity contribution >= 4 is 12.0 Å². The number of urea groups is 1. The maximum Gasteiger partial charge on any atom is 0.317 e. The van der Waals surface area contributed by atoms with Gasteiger partial charge in [0.1, 0.15) is 5.75 Å². The number of aryl methyl sites for hydroxylation is 1. The van der Waals surface area contributed by atoms with Crippen molar-refractivity contribution in [1.29, 1.82) is 0 Å². The molecule has 25 heavy (non-hydrogen) atoms. The highest BCUT2D eigenvalue weighted by atomic mass is 16.5. The predicted octanol–water partition coefficient (Wildman–Crippen LogP) is 2.91. The first kappa shape index (κ1) is 19.1. The van der Waals surface area contributed by atoms with Gasteiger partial charge in [-0.25, -0.2) is 4.79 Å². The monoisotopic (exact) mass is 348 g/mol. The Morgan fingerprint density at radius 3 is 2.52 bits per heavy atom. The van der Waals surface area contributed by atoms with E-state index in [-0.39, 0.29) is 19.0 Å². The average molecular weight is 348 g/mol. The van der Waals surface area contributed by atoms with Crippen LogP contribution in [0.4, 0.5) is 4.79 Å². The van der Waals surface area contributed by atoms with Gasteiger partial charge in [0.05, 0.1) is 13.0 Å². The molecule has 0 spiro atoms. The van der Waals surface area contributed by atoms with Crippen LogP contribution in [0.3, 0.4) is 0 Å². The lowest BCUT2D eigenvalue weighted by atomic mass is 9.90. The Bertz CT molecular complexity index is 551. The summed E-state index contributed by atoms with van der Waals surface area (Å²) >= 11 is 0. The maximum atomic E-state index is 12.0. The first-order chi connectivity index (χ1) is 12.1. The average Bonchev–Trinajstić information content (AvgIpc) is 2.61. The van der Waals surface area contributed by atoms with E-state index < -0.39 is 5.97 Å². The van der Waals surface area contributed by atoms with Gasteiger partial charge in [-0.2, -0.15) is 0 Å². The molecule has 0 radical (unpaired) electrons. The van der Waals surface area contributed by atoms with Crippen LogP contribution in [-0.2, 0) is 11.2 Å². The van der Waals surface area contributed by atoms with Crippen LogP contribution in [-0.4, -0.2) is 48.2 Å². The van der Waals surface area contributed by atoms with E-state index in [1.54, 1.807) is 4.90 Å². The van der Waals surface area contributed by atoms with Crippen LogP contribution in [0.5, 0.6) is 5.75 Å². The van der Waals surface area contributed by atoms with Gasteiger partial charge in [-0.1, -0.05) is 12.1 Å². The third-order valence-electron chi connectivity index (χ3n) is 4.59. The van der Waals surface area contributed by atoms with Crippen LogP contribution in [0.1, 0.15) is 38.2 Å². The Labute approximate surface area is 149 Å². The van der Waals surface area contributed by atoms with Crippen molar-refractivity contribution in [1.82, 2.24) is 10.2 Å². The molecule has 0 bridgehead atoms. The number of likely N-dealkylation sites (tertiary alicyclic amines) is 1. The molecule has 2 N–H and O–H groups in total. The predicted molar refractivity (Wildman–Crippen MR) is 95.9 cm³/mol. The lowest BCUT2D eigenvalue weighted by Gasteiger charge is -2.32. The van der Waals surface area contributed by atoms with E-state index >= 15 is 0 Å². The zero-order valence-electron chi connectivity index (χ0n) is 14.9. The van der Waals surface area contributed by atoms with E-state index in [0.29, 0.717) is 12.5 Å². The minimum atomic E-state index is -0.895. The van der Waals surface area contributed by atoms with Crippen molar-refractivity contribution < 1.29 is 19.4 Å². The fourth-order valence-corrected chi connectivity index (χ4v) is 3.10. The molecule has 1 fully saturated rings. The van der Waals surface area contributed by atoms with E-state index in [9.17, 15) is 9.59 Å². The van der Waals surface area contributed by atoms with E-state index in [1.165, 1.54) is 5.56 Å². The number of ether oxygens (including phenoxy) is 1. The number of nitrogens with zero attached hydrogens (tertiary/aromatic N) is 1. The quantitative estimate of drug-likeness (QED) is 0.757. The van der Waals surface area contributed by atoms with Crippen LogP contribution >= 0.6 is 0 Å². The number of rotatable bonds is 8. The van der Waals surface area contributed by atoms with E-state index in [0.717, 1.165) is 44.5 Å². The summed E-state index contributed by atoms with van der Waals surface area (Å²) in [7, 11) is 0. The number of carboxylic acids is 1. The van der Waals surface area contributed by atoms with Gasteiger partial charge in [0.25, 0.3) is 0 Å². The smallest absolute Gasteiger partial charge is 0.317 e. The molecular weight excluding hydrogens is 320 g/mol. The van der Waals surface area contributed by atoms with Crippen molar-refractivity contribution in [2.45, 2.75) is 39.0 Å². The largest absolute Gasteiger partial charge is 0.494 e. The van der Waals surface area contributed by atoms with Gasteiger partial charge in [-0.3, -0.25) is 4.79 Å². The first-order valence-corrected chi connectivity index (χ1v) is 9.04. The highest BCUT2D eigenvalue weighted by Gasteiger charge is 2.22. The molecule has 0 atom stereocenters. The molecule has 1 aliphatic rings. The second kappa shape index (κ2) is 9.91. The molecule has 0 unspecified atom stereocenters. The molecule has 0 aromatic heterocycles. The van der Waals surface area contributed by atoms with Crippen LogP contribution in [0.25, 0.3) is 0 Å². The lowest BCUT2D eigenvalue weighted by Crippen LogP contribution is -2.45. The zero-order valence-corrected chi connectivity index (χ0v) is 14.9. The van der Waals surface area contributed by atoms with E-state index in [2.05, 4.69) is 17.4 Å². The summed E-state index contributed by atoms with van der Waals surface area (Å²) in [5, 5.41) is 11.3. The number of amides is 2. The molecule has 2 rings (SSSR count). The van der Waals surface area contributed by atoms with Gasteiger partial charge in [0.2, 0.25) is 0 Å². The van der Waals surface area contributed by atoms with E-state index in [4.69, 9.17) is 9.84 Å². The van der Waals surface area contributed by atoms with Gasteiger partial charge >= 0.3 is 12.0 Å². The molecule has 6 heteroatoms. The number of carboxylic acid groups (broad SMARTS) is 1. The lowest BCUT2D eigenvalue weighted by molar-refractivity contribution is -0.136. The zero-order chi connectivity index (χ0) is 18.1. The molecule has 1 aliphatic heterocycles. The van der Waals surface area contributed by atoms with Crippen molar-refractivity contribution in [3.63, 3.8) is 0 Å². The fourth-order valence-electron chi connectivity index (χ4n) is 3.10. The summed E-state index contributed by atoms with van der Waals surface area (Å²) in [5.41, 5.74) is 1.32.